The molecule has 50 heteroatoms. The van der Waals surface area contributed by atoms with E-state index in [-0.39, 0.29) is 320 Å². The van der Waals surface area contributed by atoms with Crippen molar-refractivity contribution in [3.63, 3.8) is 0 Å². The number of hydrogen-bond acceptors (Lipinski definition) is 0. The molecule has 0 aromatic heterocycles. The minimum atomic E-state index is -0.0833. The molecule has 0 saturated heterocycles. The van der Waals surface area contributed by atoms with Crippen LogP contribution in [0, 0.1) is 0 Å². The summed E-state index contributed by atoms with van der Waals surface area (Å²) in [5.41, 5.74) is 55.0. The predicted octanol–water partition coefficient (Wildman–Crippen LogP) is -21.6. The molecule has 38 N–H and O–H groups in total. The second-order valence-corrected chi connectivity index (χ2v) is 3.00. The summed E-state index contributed by atoms with van der Waals surface area (Å²) in [7, 11) is 0. The molecule has 0 aliphatic carbocycles. The zero-order chi connectivity index (χ0) is 21.5. The van der Waals surface area contributed by atoms with Gasteiger partial charge in [-0.1, -0.05) is 0 Å². The fourth-order valence-electron chi connectivity index (χ4n) is 0. The topological polar surface area (TPSA) is 1180 Å². The Bertz CT molecular complexity index is 330. The van der Waals surface area contributed by atoms with Crippen molar-refractivity contribution in [2.45, 2.75) is 0 Å². The minimum Gasteiger partial charge on any atom is -2.00 e. The van der Waals surface area contributed by atoms with Crippen LogP contribution in [0.15, 0.2) is 0 Å². The Morgan fingerprint density at radius 1 is 0.161 bits per heavy atom. The van der Waals surface area contributed by atoms with Crippen LogP contribution in [0.4, 0.5) is 0 Å². The molecule has 0 aromatic carbocycles. The second-order valence-electron chi connectivity index (χ2n) is 3.00. The Morgan fingerprint density at radius 3 is 0.161 bits per heavy atom. The molecular formula is C6H38Mo7N18O25-42. The predicted molar refractivity (Wildman–Crippen MR) is 112 cm³/mol. The standard InChI is InChI=1S/6CH5N3.7Mo.H2O.24O/c6*2-1(3)4;;;;;;;;;;;;;;;;;;;;;;;;;;;;;;;;/h6*(H5,2,3,4);;;;;;;;1H2;;;;;;;;;;;;;;;;;;;;;;;;/q;;;;;;;;;;;;;;24*-2/p+6. The van der Waals surface area contributed by atoms with E-state index in [0.29, 0.717) is 0 Å². The van der Waals surface area contributed by atoms with Gasteiger partial charge in [0, 0.05) is 147 Å². The van der Waals surface area contributed by atoms with E-state index in [1.807, 2.05) is 0 Å². The van der Waals surface area contributed by atoms with Crippen molar-refractivity contribution in [2.24, 2.45) is 68.8 Å². The molecule has 0 saturated carbocycles. The summed E-state index contributed by atoms with van der Waals surface area (Å²) in [6.45, 7) is 0. The van der Waals surface area contributed by atoms with Crippen LogP contribution < -0.4 is 101 Å². The fraction of sp³-hybridized carbons (Fsp3) is 0. The van der Waals surface area contributed by atoms with E-state index < -0.39 is 0 Å². The SMILES string of the molecule is NC(N)=[NH2+].NC(N)=[NH2+].NC(N)=[NH2+].NC(N)=[NH2+].NC(N)=[NH2+].NC(N)=[NH2+].O.[Mo].[Mo].[Mo].[Mo].[Mo].[Mo].[Mo].[O-2].[O-2].[O-2].[O-2].[O-2].[O-2].[O-2].[O-2].[O-2].[O-2].[O-2].[O-2].[O-2].[O-2].[O-2].[O-2].[O-2].[O-2].[O-2].[O-2].[O-2].[O-2].[O-2].[O-2]. The molecular weight excluding hydrogens is 1400 g/mol. The maximum atomic E-state index is 4.58. The monoisotopic (exact) mass is 1450 g/mol. The van der Waals surface area contributed by atoms with Gasteiger partial charge in [-0.3, -0.25) is 101 Å². The average molecular weight is 1430 g/mol. The third kappa shape index (κ3) is 466000. The van der Waals surface area contributed by atoms with Crippen LogP contribution in [0.2, 0.25) is 0 Å². The van der Waals surface area contributed by atoms with Gasteiger partial charge in [-0.25, -0.2) is 0 Å². The van der Waals surface area contributed by atoms with Gasteiger partial charge in [-0.15, -0.1) is 0 Å². The third-order valence-electron chi connectivity index (χ3n) is 0. The second kappa shape index (κ2) is 511. The van der Waals surface area contributed by atoms with Crippen LogP contribution in [0.25, 0.3) is 0 Å². The van der Waals surface area contributed by atoms with Crippen LogP contribution in [0.1, 0.15) is 0 Å². The largest absolute Gasteiger partial charge is 2.00 e. The van der Waals surface area contributed by atoms with Crippen molar-refractivity contribution in [2.75, 3.05) is 0 Å². The molecule has 43 nitrogen and oxygen atoms in total. The summed E-state index contributed by atoms with van der Waals surface area (Å²) in [6, 6.07) is 0. The van der Waals surface area contributed by atoms with Crippen molar-refractivity contribution < 1.29 is 317 Å². The normalized spacial score (nSPS) is 2.57. The Hall–Kier alpha value is -0.562. The quantitative estimate of drug-likeness (QED) is 0.0611. The van der Waals surface area contributed by atoms with E-state index in [1.54, 1.807) is 0 Å². The Balaban J connectivity index is -0.00000000173. The number of guanidine groups is 6. The molecule has 0 amide bonds. The van der Waals surface area contributed by atoms with Gasteiger partial charge in [0.15, 0.2) is 0 Å². The molecule has 0 bridgehead atoms. The van der Waals surface area contributed by atoms with Crippen LogP contribution in [-0.2, 0) is 279 Å². The van der Waals surface area contributed by atoms with E-state index >= 15 is 0 Å². The summed E-state index contributed by atoms with van der Waals surface area (Å²) < 4.78 is 0. The van der Waals surface area contributed by atoms with Gasteiger partial charge in [-0.05, 0) is 0 Å². The van der Waals surface area contributed by atoms with E-state index in [2.05, 4.69) is 101 Å². The van der Waals surface area contributed by atoms with Gasteiger partial charge < -0.3 is 137 Å². The van der Waals surface area contributed by atoms with E-state index in [4.69, 9.17) is 0 Å². The molecule has 56 heavy (non-hydrogen) atoms. The van der Waals surface area contributed by atoms with Crippen molar-refractivity contribution in [1.82, 2.24) is 0 Å². The molecule has 0 spiro atoms. The molecule has 0 rings (SSSR count). The number of nitrogens with two attached hydrogens (primary N) is 18. The Labute approximate surface area is 418 Å². The van der Waals surface area contributed by atoms with Crippen LogP contribution in [0.5, 0.6) is 0 Å². The third-order valence-corrected chi connectivity index (χ3v) is 0. The van der Waals surface area contributed by atoms with Crippen LogP contribution in [-0.4, -0.2) is 41.2 Å². The van der Waals surface area contributed by atoms with E-state index in [9.17, 15) is 0 Å². The smallest absolute Gasteiger partial charge is 0.336 e. The first-order chi connectivity index (χ1) is 10.4. The van der Waals surface area contributed by atoms with E-state index in [1.165, 1.54) is 0 Å². The first kappa shape index (κ1) is 540. The zero-order valence-electron chi connectivity index (χ0n) is 26.5. The summed E-state index contributed by atoms with van der Waals surface area (Å²) >= 11 is 0. The van der Waals surface area contributed by atoms with Gasteiger partial charge in [-0.2, -0.15) is 0 Å². The zero-order valence-corrected chi connectivity index (χ0v) is 40.6. The molecule has 0 aromatic rings. The summed E-state index contributed by atoms with van der Waals surface area (Å²) in [5.74, 6) is -0.500. The van der Waals surface area contributed by atoms with Crippen molar-refractivity contribution >= 4 is 35.8 Å². The van der Waals surface area contributed by atoms with Gasteiger partial charge >= 0.3 is 35.8 Å². The van der Waals surface area contributed by atoms with Gasteiger partial charge in [0.1, 0.15) is 0 Å². The molecule has 386 valence electrons. The molecule has 0 radical (unpaired) electrons. The molecule has 0 aliphatic rings. The van der Waals surface area contributed by atoms with Crippen LogP contribution >= 0.6 is 0 Å². The van der Waals surface area contributed by atoms with E-state index in [0.717, 1.165) is 0 Å². The molecule has 0 fully saturated rings. The van der Waals surface area contributed by atoms with Crippen molar-refractivity contribution in [3.05, 3.63) is 0 Å². The Kier molecular flexibility index (Phi) is 4930. The number of hydrogen-bond donors (Lipinski definition) is 18. The molecule has 0 heterocycles. The van der Waals surface area contributed by atoms with Crippen molar-refractivity contribution in [3.8, 4) is 0 Å². The first-order valence-electron chi connectivity index (χ1n) is 5.20. The Morgan fingerprint density at radius 2 is 0.161 bits per heavy atom. The van der Waals surface area contributed by atoms with Gasteiger partial charge in [0.05, 0.1) is 0 Å². The summed E-state index contributed by atoms with van der Waals surface area (Å²) in [6.07, 6.45) is 0. The maximum Gasteiger partial charge on any atom is 0.336 e. The average Bonchev–Trinajstić information content (AvgIpc) is 2.08. The van der Waals surface area contributed by atoms with Gasteiger partial charge in [0.2, 0.25) is 0 Å². The molecule has 0 atom stereocenters. The fourth-order valence-corrected chi connectivity index (χ4v) is 0. The molecule has 0 aliphatic heterocycles. The molecule has 0 unspecified atom stereocenters. The van der Waals surface area contributed by atoms with Gasteiger partial charge in [0.25, 0.3) is 0 Å². The maximum absolute atomic E-state index is 4.58. The van der Waals surface area contributed by atoms with Crippen molar-refractivity contribution in [1.29, 1.82) is 0 Å². The first-order valence-corrected chi connectivity index (χ1v) is 5.20. The van der Waals surface area contributed by atoms with Crippen LogP contribution in [0.3, 0.4) is 0 Å². The minimum absolute atomic E-state index is 0. The summed E-state index contributed by atoms with van der Waals surface area (Å²) in [5, 5.41) is 27.5. The number of rotatable bonds is 0. The summed E-state index contributed by atoms with van der Waals surface area (Å²) in [4.78, 5) is 0.